The predicted octanol–water partition coefficient (Wildman–Crippen LogP) is 3.92. The van der Waals surface area contributed by atoms with Gasteiger partial charge in [0.05, 0.1) is 42.7 Å². The summed E-state index contributed by atoms with van der Waals surface area (Å²) in [6.07, 6.45) is 1.12. The fourth-order valence-corrected chi connectivity index (χ4v) is 5.28. The van der Waals surface area contributed by atoms with Gasteiger partial charge >= 0.3 is 0 Å². The molecule has 192 valence electrons. The molecule has 0 saturated carbocycles. The van der Waals surface area contributed by atoms with E-state index in [2.05, 4.69) is 0 Å². The molecule has 1 aliphatic rings. The highest BCUT2D eigenvalue weighted by atomic mass is 32.2. The van der Waals surface area contributed by atoms with Gasteiger partial charge in [0.15, 0.2) is 5.78 Å². The Morgan fingerprint density at radius 2 is 1.65 bits per heavy atom. The van der Waals surface area contributed by atoms with Crippen LogP contribution in [0.25, 0.3) is 11.0 Å². The molecule has 9 heteroatoms. The second-order valence-electron chi connectivity index (χ2n) is 10.2. The van der Waals surface area contributed by atoms with Crippen LogP contribution >= 0.6 is 0 Å². The molecule has 0 spiro atoms. The van der Waals surface area contributed by atoms with Crippen LogP contribution in [0.3, 0.4) is 0 Å². The van der Waals surface area contributed by atoms with Crippen molar-refractivity contribution in [1.29, 1.82) is 5.41 Å². The lowest BCUT2D eigenvalue weighted by atomic mass is 9.85. The Labute approximate surface area is 216 Å². The van der Waals surface area contributed by atoms with Crippen LogP contribution < -0.4 is 14.7 Å². The zero-order valence-corrected chi connectivity index (χ0v) is 22.2. The summed E-state index contributed by atoms with van der Waals surface area (Å²) in [7, 11) is -2.11. The van der Waals surface area contributed by atoms with Gasteiger partial charge in [-0.15, -0.1) is 0 Å². The lowest BCUT2D eigenvalue weighted by Gasteiger charge is -2.22. The zero-order valence-electron chi connectivity index (χ0n) is 21.4. The average molecular weight is 519 g/mol. The highest BCUT2D eigenvalue weighted by Gasteiger charge is 2.36. The topological polar surface area (TPSA) is 97.4 Å². The van der Waals surface area contributed by atoms with E-state index in [4.69, 9.17) is 10.1 Å². The fraction of sp³-hybridized carbons (Fsp3) is 0.286. The number of carbonyl (C=O) groups is 1. The first-order valence-electron chi connectivity index (χ1n) is 12.0. The molecule has 1 N–H and O–H groups in total. The number of hydrogen-bond acceptors (Lipinski definition) is 5. The molecule has 8 nitrogen and oxygen atoms in total. The van der Waals surface area contributed by atoms with Crippen LogP contribution in [-0.4, -0.2) is 43.2 Å². The summed E-state index contributed by atoms with van der Waals surface area (Å²) >= 11 is 0. The van der Waals surface area contributed by atoms with Crippen molar-refractivity contribution < 1.29 is 17.9 Å². The summed E-state index contributed by atoms with van der Waals surface area (Å²) in [6.45, 7) is 4.86. The summed E-state index contributed by atoms with van der Waals surface area (Å²) in [5, 5.41) is 8.92. The van der Waals surface area contributed by atoms with E-state index < -0.39 is 10.0 Å². The number of carbonyl (C=O) groups excluding carboxylic acids is 1. The van der Waals surface area contributed by atoms with Crippen LogP contribution in [-0.2, 0) is 28.5 Å². The zero-order chi connectivity index (χ0) is 26.5. The summed E-state index contributed by atoms with van der Waals surface area (Å²) in [6, 6.07) is 21.0. The maximum absolute atomic E-state index is 13.7. The standard InChI is InChI=1S/C28H30N4O4S/c1-28(2)18-36-26-21(28)14-20(15-24(26)30(3)37(4,34)35)25(33)17-32-23-13-9-8-12-22(23)31(27(32)29)16-19-10-6-5-7-11-19/h5-15,29H,16-18H2,1-4H3. The summed E-state index contributed by atoms with van der Waals surface area (Å²) in [4.78, 5) is 13.7. The number of hydrogen-bond donors (Lipinski definition) is 1. The van der Waals surface area contributed by atoms with Crippen LogP contribution in [0, 0.1) is 5.41 Å². The van der Waals surface area contributed by atoms with E-state index >= 15 is 0 Å². The van der Waals surface area contributed by atoms with Gasteiger partial charge in [-0.25, -0.2) is 8.42 Å². The number of ketones is 1. The van der Waals surface area contributed by atoms with Gasteiger partial charge in [-0.2, -0.15) is 0 Å². The predicted molar refractivity (Wildman–Crippen MR) is 144 cm³/mol. The first-order valence-corrected chi connectivity index (χ1v) is 13.9. The smallest absolute Gasteiger partial charge is 0.232 e. The number of nitrogens with one attached hydrogen (secondary N) is 1. The Bertz CT molecular complexity index is 1680. The van der Waals surface area contributed by atoms with Crippen LogP contribution in [0.2, 0.25) is 0 Å². The van der Waals surface area contributed by atoms with Crippen molar-refractivity contribution in [3.63, 3.8) is 0 Å². The van der Waals surface area contributed by atoms with Gasteiger partial charge in [-0.3, -0.25) is 14.5 Å². The number of anilines is 1. The molecule has 0 saturated heterocycles. The quantitative estimate of drug-likeness (QED) is 0.375. The van der Waals surface area contributed by atoms with E-state index in [1.54, 1.807) is 16.7 Å². The number of aromatic nitrogens is 2. The largest absolute Gasteiger partial charge is 0.490 e. The lowest BCUT2D eigenvalue weighted by Crippen LogP contribution is -2.28. The molecule has 2 heterocycles. The highest BCUT2D eigenvalue weighted by molar-refractivity contribution is 7.92. The third kappa shape index (κ3) is 4.44. The van der Waals surface area contributed by atoms with Crippen LogP contribution in [0.4, 0.5) is 5.69 Å². The molecule has 5 rings (SSSR count). The van der Waals surface area contributed by atoms with Crippen molar-refractivity contribution in [2.45, 2.75) is 32.4 Å². The maximum Gasteiger partial charge on any atom is 0.232 e. The molecular weight excluding hydrogens is 488 g/mol. The number of fused-ring (bicyclic) bond motifs is 2. The molecule has 0 unspecified atom stereocenters. The molecule has 4 aromatic rings. The number of para-hydroxylation sites is 2. The van der Waals surface area contributed by atoms with Crippen molar-refractivity contribution in [3.05, 3.63) is 89.0 Å². The van der Waals surface area contributed by atoms with E-state index in [0.717, 1.165) is 32.7 Å². The molecule has 1 aliphatic heterocycles. The minimum Gasteiger partial charge on any atom is -0.490 e. The molecular formula is C28H30N4O4S. The van der Waals surface area contributed by atoms with E-state index in [-0.39, 0.29) is 23.4 Å². The number of ether oxygens (including phenoxy) is 1. The molecule has 0 atom stereocenters. The Hall–Kier alpha value is -3.85. The second-order valence-corrected chi connectivity index (χ2v) is 12.2. The van der Waals surface area contributed by atoms with Crippen molar-refractivity contribution in [2.24, 2.45) is 0 Å². The molecule has 0 bridgehead atoms. The van der Waals surface area contributed by atoms with Crippen LogP contribution in [0.5, 0.6) is 5.75 Å². The van der Waals surface area contributed by atoms with Gasteiger partial charge in [-0.1, -0.05) is 56.3 Å². The molecule has 3 aromatic carbocycles. The third-order valence-corrected chi connectivity index (χ3v) is 8.19. The van der Waals surface area contributed by atoms with Gasteiger partial charge in [0, 0.05) is 23.6 Å². The number of nitrogens with zero attached hydrogens (tertiary/aromatic N) is 3. The monoisotopic (exact) mass is 518 g/mol. The van der Waals surface area contributed by atoms with Crippen molar-refractivity contribution in [2.75, 3.05) is 24.2 Å². The Morgan fingerprint density at radius 3 is 2.30 bits per heavy atom. The molecule has 0 fully saturated rings. The number of imidazole rings is 1. The third-order valence-electron chi connectivity index (χ3n) is 6.99. The van der Waals surface area contributed by atoms with Crippen molar-refractivity contribution in [3.8, 4) is 5.75 Å². The Balaban J connectivity index is 1.58. The summed E-state index contributed by atoms with van der Waals surface area (Å²) < 4.78 is 35.4. The maximum atomic E-state index is 13.7. The lowest BCUT2D eigenvalue weighted by molar-refractivity contribution is 0.0971. The fourth-order valence-electron chi connectivity index (χ4n) is 4.79. The minimum atomic E-state index is -3.57. The Kier molecular flexibility index (Phi) is 5.98. The van der Waals surface area contributed by atoms with Crippen LogP contribution in [0.15, 0.2) is 66.7 Å². The van der Waals surface area contributed by atoms with Gasteiger partial charge in [0.2, 0.25) is 15.6 Å². The van der Waals surface area contributed by atoms with Gasteiger partial charge < -0.3 is 13.9 Å². The molecule has 37 heavy (non-hydrogen) atoms. The summed E-state index contributed by atoms with van der Waals surface area (Å²) in [5.74, 6) is 0.275. The summed E-state index contributed by atoms with van der Waals surface area (Å²) in [5.41, 5.74) is 4.08. The van der Waals surface area contributed by atoms with Gasteiger partial charge in [0.1, 0.15) is 5.75 Å². The van der Waals surface area contributed by atoms with E-state index in [0.29, 0.717) is 30.2 Å². The van der Waals surface area contributed by atoms with Gasteiger partial charge in [0.25, 0.3) is 0 Å². The molecule has 0 aliphatic carbocycles. The normalized spacial score (nSPS) is 14.4. The van der Waals surface area contributed by atoms with Gasteiger partial charge in [-0.05, 0) is 29.8 Å². The first-order chi connectivity index (χ1) is 17.5. The van der Waals surface area contributed by atoms with Crippen LogP contribution in [0.1, 0.15) is 35.3 Å². The second kappa shape index (κ2) is 8.92. The Morgan fingerprint density at radius 1 is 1.03 bits per heavy atom. The number of benzene rings is 3. The highest BCUT2D eigenvalue weighted by Crippen LogP contribution is 2.45. The minimum absolute atomic E-state index is 0.0523. The molecule has 0 radical (unpaired) electrons. The van der Waals surface area contributed by atoms with E-state index in [1.807, 2.05) is 73.0 Å². The number of Topliss-reactive ketones (excluding diaryl/α,β-unsaturated/α-hetero) is 1. The SMILES string of the molecule is CN(c1cc(C(=O)Cn2c(=N)n(Cc3ccccc3)c3ccccc32)cc2c1OCC2(C)C)S(C)(=O)=O. The molecule has 0 amide bonds. The number of rotatable bonds is 7. The van der Waals surface area contributed by atoms with E-state index in [9.17, 15) is 13.2 Å². The average Bonchev–Trinajstić information content (AvgIpc) is 3.31. The first kappa shape index (κ1) is 24.8. The van der Waals surface area contributed by atoms with Crippen molar-refractivity contribution >= 4 is 32.5 Å². The van der Waals surface area contributed by atoms with E-state index in [1.165, 1.54) is 7.05 Å². The number of sulfonamides is 1. The molecule has 1 aromatic heterocycles. The van der Waals surface area contributed by atoms with Crippen molar-refractivity contribution in [1.82, 2.24) is 9.13 Å².